The molecule has 1 aliphatic rings. The summed E-state index contributed by atoms with van der Waals surface area (Å²) in [6, 6.07) is 9.09. The van der Waals surface area contributed by atoms with Gasteiger partial charge in [0, 0.05) is 17.5 Å². The lowest BCUT2D eigenvalue weighted by Crippen LogP contribution is -2.30. The van der Waals surface area contributed by atoms with Crippen LogP contribution >= 0.6 is 0 Å². The van der Waals surface area contributed by atoms with Crippen LogP contribution in [0.4, 0.5) is 0 Å². The highest BCUT2D eigenvalue weighted by atomic mass is 16.5. The van der Waals surface area contributed by atoms with Crippen molar-refractivity contribution in [3.63, 3.8) is 0 Å². The van der Waals surface area contributed by atoms with Gasteiger partial charge in [0.1, 0.15) is 5.75 Å². The predicted molar refractivity (Wildman–Crippen MR) is 85.4 cm³/mol. The molecule has 2 unspecified atom stereocenters. The molecule has 0 amide bonds. The van der Waals surface area contributed by atoms with Crippen molar-refractivity contribution in [1.29, 1.82) is 0 Å². The number of fused-ring (bicyclic) bond motifs is 1. The number of para-hydroxylation sites is 1. The zero-order chi connectivity index (χ0) is 14.5. The van der Waals surface area contributed by atoms with E-state index in [2.05, 4.69) is 57.3 Å². The Morgan fingerprint density at radius 2 is 1.95 bits per heavy atom. The molecule has 0 fully saturated rings. The van der Waals surface area contributed by atoms with Crippen LogP contribution in [-0.4, -0.2) is 19.2 Å². The molecule has 2 rings (SSSR count). The van der Waals surface area contributed by atoms with Gasteiger partial charge >= 0.3 is 0 Å². The zero-order valence-electron chi connectivity index (χ0n) is 13.4. The van der Waals surface area contributed by atoms with Crippen LogP contribution in [0.1, 0.15) is 52.0 Å². The van der Waals surface area contributed by atoms with Gasteiger partial charge in [-0.1, -0.05) is 45.9 Å². The van der Waals surface area contributed by atoms with Crippen LogP contribution in [-0.2, 0) is 0 Å². The van der Waals surface area contributed by atoms with Crippen molar-refractivity contribution in [3.05, 3.63) is 29.8 Å². The van der Waals surface area contributed by atoms with Crippen LogP contribution in [0.5, 0.6) is 5.75 Å². The smallest absolute Gasteiger partial charge is 0.122 e. The molecule has 0 aliphatic carbocycles. The first-order valence-corrected chi connectivity index (χ1v) is 8.01. The van der Waals surface area contributed by atoms with Gasteiger partial charge in [-0.2, -0.15) is 0 Å². The molecule has 2 heteroatoms. The largest absolute Gasteiger partial charge is 0.493 e. The van der Waals surface area contributed by atoms with E-state index >= 15 is 0 Å². The van der Waals surface area contributed by atoms with Crippen LogP contribution < -0.4 is 10.1 Å². The van der Waals surface area contributed by atoms with Gasteiger partial charge in [-0.3, -0.25) is 0 Å². The maximum absolute atomic E-state index is 5.82. The van der Waals surface area contributed by atoms with E-state index in [1.165, 1.54) is 18.4 Å². The van der Waals surface area contributed by atoms with Gasteiger partial charge in [-0.15, -0.1) is 0 Å². The monoisotopic (exact) mass is 275 g/mol. The van der Waals surface area contributed by atoms with E-state index in [4.69, 9.17) is 4.74 Å². The quantitative estimate of drug-likeness (QED) is 0.804. The van der Waals surface area contributed by atoms with Gasteiger partial charge in [-0.05, 0) is 37.3 Å². The Kier molecular flexibility index (Phi) is 5.47. The fourth-order valence-electron chi connectivity index (χ4n) is 3.16. The van der Waals surface area contributed by atoms with Crippen molar-refractivity contribution >= 4 is 0 Å². The first kappa shape index (κ1) is 15.4. The van der Waals surface area contributed by atoms with Gasteiger partial charge in [0.25, 0.3) is 0 Å². The van der Waals surface area contributed by atoms with E-state index in [1.807, 2.05) is 0 Å². The Labute approximate surface area is 123 Å². The fourth-order valence-corrected chi connectivity index (χ4v) is 3.16. The average Bonchev–Trinajstić information content (AvgIpc) is 2.79. The number of hydrogen-bond acceptors (Lipinski definition) is 2. The summed E-state index contributed by atoms with van der Waals surface area (Å²) in [6.07, 6.45) is 2.52. The molecule has 112 valence electrons. The van der Waals surface area contributed by atoms with E-state index in [0.29, 0.717) is 12.0 Å². The molecule has 0 radical (unpaired) electrons. The molecule has 2 atom stereocenters. The standard InChI is InChI=1S/C18H29NO/c1-13(2)9-15(11-19-14(3)4)10-16-12-20-18-8-6-5-7-17(16)18/h5-8,13-16,19H,9-12H2,1-4H3. The van der Waals surface area contributed by atoms with E-state index in [0.717, 1.165) is 30.7 Å². The van der Waals surface area contributed by atoms with Crippen molar-refractivity contribution in [1.82, 2.24) is 5.32 Å². The second-order valence-corrected chi connectivity index (χ2v) is 6.84. The van der Waals surface area contributed by atoms with Gasteiger partial charge in [0.05, 0.1) is 6.61 Å². The predicted octanol–water partition coefficient (Wildman–Crippen LogP) is 4.21. The first-order chi connectivity index (χ1) is 9.56. The minimum atomic E-state index is 0.566. The molecular formula is C18H29NO. The van der Waals surface area contributed by atoms with Gasteiger partial charge < -0.3 is 10.1 Å². The third kappa shape index (κ3) is 4.24. The summed E-state index contributed by atoms with van der Waals surface area (Å²) in [4.78, 5) is 0. The highest BCUT2D eigenvalue weighted by Gasteiger charge is 2.26. The summed E-state index contributed by atoms with van der Waals surface area (Å²) in [5.41, 5.74) is 1.41. The third-order valence-electron chi connectivity index (χ3n) is 4.04. The molecule has 0 saturated carbocycles. The average molecular weight is 275 g/mol. The van der Waals surface area contributed by atoms with Crippen LogP contribution in [0.3, 0.4) is 0 Å². The molecule has 20 heavy (non-hydrogen) atoms. The maximum atomic E-state index is 5.82. The van der Waals surface area contributed by atoms with Gasteiger partial charge in [0.2, 0.25) is 0 Å². The fraction of sp³-hybridized carbons (Fsp3) is 0.667. The normalized spacial score (nSPS) is 19.2. The lowest BCUT2D eigenvalue weighted by Gasteiger charge is -2.23. The summed E-state index contributed by atoms with van der Waals surface area (Å²) in [5, 5.41) is 3.61. The van der Waals surface area contributed by atoms with Crippen LogP contribution in [0.25, 0.3) is 0 Å². The number of nitrogens with one attached hydrogen (secondary N) is 1. The minimum absolute atomic E-state index is 0.566. The van der Waals surface area contributed by atoms with Crippen LogP contribution in [0, 0.1) is 11.8 Å². The molecule has 0 spiro atoms. The highest BCUT2D eigenvalue weighted by molar-refractivity contribution is 5.39. The third-order valence-corrected chi connectivity index (χ3v) is 4.04. The number of rotatable bonds is 7. The van der Waals surface area contributed by atoms with Crippen molar-refractivity contribution in [2.75, 3.05) is 13.2 Å². The SMILES string of the molecule is CC(C)CC(CNC(C)C)CC1COc2ccccc21. The second-order valence-electron chi connectivity index (χ2n) is 6.84. The van der Waals surface area contributed by atoms with E-state index < -0.39 is 0 Å². The first-order valence-electron chi connectivity index (χ1n) is 8.01. The lowest BCUT2D eigenvalue weighted by atomic mass is 9.85. The van der Waals surface area contributed by atoms with Crippen molar-refractivity contribution in [2.45, 2.75) is 52.5 Å². The molecule has 0 saturated heterocycles. The lowest BCUT2D eigenvalue weighted by molar-refractivity contribution is 0.283. The number of benzene rings is 1. The molecular weight excluding hydrogens is 246 g/mol. The molecule has 1 heterocycles. The Morgan fingerprint density at radius 1 is 1.20 bits per heavy atom. The van der Waals surface area contributed by atoms with Crippen LogP contribution in [0.2, 0.25) is 0 Å². The van der Waals surface area contributed by atoms with Crippen molar-refractivity contribution < 1.29 is 4.74 Å². The maximum Gasteiger partial charge on any atom is 0.122 e. The Morgan fingerprint density at radius 3 is 2.65 bits per heavy atom. The Balaban J connectivity index is 1.97. The topological polar surface area (TPSA) is 21.3 Å². The van der Waals surface area contributed by atoms with E-state index in [9.17, 15) is 0 Å². The van der Waals surface area contributed by atoms with Crippen molar-refractivity contribution in [3.8, 4) is 5.75 Å². The Hall–Kier alpha value is -1.02. The summed E-state index contributed by atoms with van der Waals surface area (Å²) in [5.74, 6) is 3.16. The molecule has 2 nitrogen and oxygen atoms in total. The molecule has 0 aromatic heterocycles. The zero-order valence-corrected chi connectivity index (χ0v) is 13.4. The number of ether oxygens (including phenoxy) is 1. The number of hydrogen-bond donors (Lipinski definition) is 1. The second kappa shape index (κ2) is 7.12. The van der Waals surface area contributed by atoms with E-state index in [1.54, 1.807) is 0 Å². The van der Waals surface area contributed by atoms with Gasteiger partial charge in [0.15, 0.2) is 0 Å². The molecule has 1 aromatic carbocycles. The molecule has 0 bridgehead atoms. The summed E-state index contributed by atoms with van der Waals surface area (Å²) >= 11 is 0. The minimum Gasteiger partial charge on any atom is -0.493 e. The molecule has 1 aliphatic heterocycles. The van der Waals surface area contributed by atoms with Crippen molar-refractivity contribution in [2.24, 2.45) is 11.8 Å². The summed E-state index contributed by atoms with van der Waals surface area (Å²) < 4.78 is 5.82. The van der Waals surface area contributed by atoms with E-state index in [-0.39, 0.29) is 0 Å². The summed E-state index contributed by atoms with van der Waals surface area (Å²) in [6.45, 7) is 11.1. The molecule has 1 N–H and O–H groups in total. The van der Waals surface area contributed by atoms with Crippen LogP contribution in [0.15, 0.2) is 24.3 Å². The Bertz CT molecular complexity index is 414. The van der Waals surface area contributed by atoms with Gasteiger partial charge in [-0.25, -0.2) is 0 Å². The molecule has 1 aromatic rings. The summed E-state index contributed by atoms with van der Waals surface area (Å²) in [7, 11) is 0. The highest BCUT2D eigenvalue weighted by Crippen LogP contribution is 2.38.